The monoisotopic (exact) mass is 537 g/mol. The van der Waals surface area contributed by atoms with Crippen LogP contribution in [-0.2, 0) is 31.6 Å². The SMILES string of the molecule is CCCCCCOOC(=O)[C@H]1C[C@@H]2O[C@@]1(C)n1c3ccccc3c3c4c(c5c6ccccc6n2c5c31)C(=O)NC4. The van der Waals surface area contributed by atoms with Crippen molar-refractivity contribution in [2.45, 2.75) is 64.4 Å². The molecule has 1 saturated heterocycles. The van der Waals surface area contributed by atoms with Crippen molar-refractivity contribution < 1.29 is 24.1 Å². The fourth-order valence-electron chi connectivity index (χ4n) is 7.49. The number of aromatic nitrogens is 2. The zero-order valence-electron chi connectivity index (χ0n) is 22.7. The Hall–Kier alpha value is -3.88. The summed E-state index contributed by atoms with van der Waals surface area (Å²) < 4.78 is 11.3. The molecule has 0 radical (unpaired) electrons. The molecular weight excluding hydrogens is 506 g/mol. The number of hydrogen-bond acceptors (Lipinski definition) is 5. The number of nitrogens with one attached hydrogen (secondary N) is 1. The van der Waals surface area contributed by atoms with Crippen LogP contribution in [0.4, 0.5) is 0 Å². The first-order chi connectivity index (χ1) is 19.5. The van der Waals surface area contributed by atoms with E-state index in [4.69, 9.17) is 14.5 Å². The van der Waals surface area contributed by atoms with Gasteiger partial charge in [-0.2, -0.15) is 4.89 Å². The van der Waals surface area contributed by atoms with Crippen LogP contribution in [0, 0.1) is 5.92 Å². The number of unbranched alkanes of at least 4 members (excludes halogenated alkanes) is 3. The van der Waals surface area contributed by atoms with Crippen molar-refractivity contribution in [3.63, 3.8) is 0 Å². The standard InChI is InChI=1S/C32H31N3O5/c1-3-4-5-10-15-38-40-31(37)21-16-24-34-22-13-8-6-11-18(22)26-27-20(17-33-30(27)36)25-19-12-7-9-14-23(19)35(29(25)28(26)34)32(21,2)39-24/h6-9,11-14,21,24H,3-5,10,15-17H2,1-2H3,(H,33,36)/t21-,24+,32-/m1/s1. The van der Waals surface area contributed by atoms with Gasteiger partial charge in [-0.3, -0.25) is 9.68 Å². The van der Waals surface area contributed by atoms with Crippen molar-refractivity contribution in [2.75, 3.05) is 6.61 Å². The molecule has 2 bridgehead atoms. The normalized spacial score (nSPS) is 23.0. The Labute approximate surface area is 230 Å². The Kier molecular flexibility index (Phi) is 5.13. The van der Waals surface area contributed by atoms with Crippen LogP contribution in [-0.4, -0.2) is 27.6 Å². The minimum atomic E-state index is -1.02. The highest BCUT2D eigenvalue weighted by atomic mass is 17.2. The van der Waals surface area contributed by atoms with Gasteiger partial charge in [0.05, 0.1) is 34.2 Å². The van der Waals surface area contributed by atoms with Gasteiger partial charge in [0.2, 0.25) is 0 Å². The number of carbonyl (C=O) groups excluding carboxylic acids is 2. The van der Waals surface area contributed by atoms with Crippen LogP contribution in [0.2, 0.25) is 0 Å². The number of ether oxygens (including phenoxy) is 1. The van der Waals surface area contributed by atoms with Crippen molar-refractivity contribution >= 4 is 55.5 Å². The van der Waals surface area contributed by atoms with Crippen LogP contribution in [0.1, 0.15) is 68.1 Å². The molecule has 3 atom stereocenters. The van der Waals surface area contributed by atoms with E-state index in [-0.39, 0.29) is 5.91 Å². The molecule has 1 N–H and O–H groups in total. The van der Waals surface area contributed by atoms with Crippen LogP contribution >= 0.6 is 0 Å². The molecule has 5 aromatic rings. The predicted octanol–water partition coefficient (Wildman–Crippen LogP) is 6.42. The van der Waals surface area contributed by atoms with Crippen molar-refractivity contribution in [2.24, 2.45) is 5.92 Å². The minimum Gasteiger partial charge on any atom is -0.348 e. The molecule has 3 aromatic carbocycles. The number of hydrogen-bond donors (Lipinski definition) is 1. The summed E-state index contributed by atoms with van der Waals surface area (Å²) in [5, 5.41) is 7.13. The molecule has 3 aliphatic rings. The lowest BCUT2D eigenvalue weighted by molar-refractivity contribution is -0.280. The average molecular weight is 538 g/mol. The van der Waals surface area contributed by atoms with Crippen molar-refractivity contribution in [1.82, 2.24) is 14.5 Å². The van der Waals surface area contributed by atoms with Crippen LogP contribution in [0.3, 0.4) is 0 Å². The molecule has 204 valence electrons. The molecule has 40 heavy (non-hydrogen) atoms. The number of benzene rings is 3. The molecule has 1 amide bonds. The van der Waals surface area contributed by atoms with Crippen molar-refractivity contribution in [1.29, 1.82) is 0 Å². The van der Waals surface area contributed by atoms with Crippen LogP contribution in [0.5, 0.6) is 0 Å². The summed E-state index contributed by atoms with van der Waals surface area (Å²) in [4.78, 5) is 37.8. The zero-order valence-corrected chi connectivity index (χ0v) is 22.7. The van der Waals surface area contributed by atoms with E-state index in [1.165, 1.54) is 0 Å². The molecule has 1 fully saturated rings. The van der Waals surface area contributed by atoms with E-state index in [0.29, 0.717) is 19.6 Å². The van der Waals surface area contributed by atoms with E-state index < -0.39 is 23.8 Å². The quantitative estimate of drug-likeness (QED) is 0.147. The first-order valence-corrected chi connectivity index (χ1v) is 14.3. The van der Waals surface area contributed by atoms with Crippen molar-refractivity contribution in [3.05, 3.63) is 59.7 Å². The van der Waals surface area contributed by atoms with Gasteiger partial charge in [-0.05, 0) is 31.0 Å². The van der Waals surface area contributed by atoms with Gasteiger partial charge < -0.3 is 19.2 Å². The summed E-state index contributed by atoms with van der Waals surface area (Å²) >= 11 is 0. The molecule has 5 heterocycles. The maximum Gasteiger partial charge on any atom is 0.350 e. The third kappa shape index (κ3) is 2.98. The van der Waals surface area contributed by atoms with E-state index in [0.717, 1.165) is 80.4 Å². The van der Waals surface area contributed by atoms with Crippen LogP contribution < -0.4 is 5.32 Å². The summed E-state index contributed by atoms with van der Waals surface area (Å²) in [6.45, 7) is 5.00. The molecule has 8 nitrogen and oxygen atoms in total. The van der Waals surface area contributed by atoms with Gasteiger partial charge in [-0.1, -0.05) is 62.6 Å². The highest BCUT2D eigenvalue weighted by Crippen LogP contribution is 2.56. The zero-order chi connectivity index (χ0) is 27.2. The molecular formula is C32H31N3O5. The smallest absolute Gasteiger partial charge is 0.348 e. The van der Waals surface area contributed by atoms with Gasteiger partial charge in [-0.15, -0.1) is 0 Å². The second-order valence-electron chi connectivity index (χ2n) is 11.4. The molecule has 0 unspecified atom stereocenters. The van der Waals surface area contributed by atoms with Crippen molar-refractivity contribution in [3.8, 4) is 0 Å². The maximum absolute atomic E-state index is 13.7. The molecule has 3 aliphatic heterocycles. The summed E-state index contributed by atoms with van der Waals surface area (Å²) in [6.07, 6.45) is 4.17. The maximum atomic E-state index is 13.7. The largest absolute Gasteiger partial charge is 0.350 e. The van der Waals surface area contributed by atoms with E-state index >= 15 is 0 Å². The predicted molar refractivity (Wildman–Crippen MR) is 152 cm³/mol. The Morgan fingerprint density at radius 3 is 2.58 bits per heavy atom. The number of nitrogens with zero attached hydrogens (tertiary/aromatic N) is 2. The van der Waals surface area contributed by atoms with Gasteiger partial charge >= 0.3 is 5.97 Å². The third-order valence-electron chi connectivity index (χ3n) is 9.21. The van der Waals surface area contributed by atoms with E-state index in [9.17, 15) is 9.59 Å². The number of carbonyl (C=O) groups is 2. The molecule has 0 saturated carbocycles. The fourth-order valence-corrected chi connectivity index (χ4v) is 7.49. The van der Waals surface area contributed by atoms with Gasteiger partial charge in [0, 0.05) is 34.5 Å². The fraction of sp³-hybridized carbons (Fsp3) is 0.375. The molecule has 8 heteroatoms. The molecule has 0 spiro atoms. The first-order valence-electron chi connectivity index (χ1n) is 14.3. The Balaban J connectivity index is 1.39. The average Bonchev–Trinajstić information content (AvgIpc) is 3.68. The summed E-state index contributed by atoms with van der Waals surface area (Å²) in [5.74, 6) is -1.05. The molecule has 0 aliphatic carbocycles. The number of fused-ring (bicyclic) bond motifs is 13. The van der Waals surface area contributed by atoms with E-state index in [1.807, 2.05) is 31.2 Å². The lowest BCUT2D eigenvalue weighted by Crippen LogP contribution is -2.40. The second-order valence-corrected chi connectivity index (χ2v) is 11.4. The van der Waals surface area contributed by atoms with Gasteiger partial charge in [-0.25, -0.2) is 4.79 Å². The Morgan fingerprint density at radius 2 is 1.77 bits per heavy atom. The second kappa shape index (κ2) is 8.56. The molecule has 2 aromatic heterocycles. The van der Waals surface area contributed by atoms with Crippen LogP contribution in [0.15, 0.2) is 48.5 Å². The highest BCUT2D eigenvalue weighted by molar-refractivity contribution is 6.31. The summed E-state index contributed by atoms with van der Waals surface area (Å²) in [5.41, 5.74) is 4.65. The Morgan fingerprint density at radius 1 is 1.02 bits per heavy atom. The van der Waals surface area contributed by atoms with Crippen LogP contribution in [0.25, 0.3) is 43.6 Å². The number of amides is 1. The van der Waals surface area contributed by atoms with E-state index in [1.54, 1.807) is 0 Å². The minimum absolute atomic E-state index is 0.0456. The van der Waals surface area contributed by atoms with E-state index in [2.05, 4.69) is 45.6 Å². The lowest BCUT2D eigenvalue weighted by atomic mass is 9.93. The molecule has 8 rings (SSSR count). The topological polar surface area (TPSA) is 83.7 Å². The van der Waals surface area contributed by atoms with Gasteiger partial charge in [0.15, 0.2) is 5.72 Å². The third-order valence-corrected chi connectivity index (χ3v) is 9.21. The van der Waals surface area contributed by atoms with Gasteiger partial charge in [0.25, 0.3) is 5.91 Å². The lowest BCUT2D eigenvalue weighted by Gasteiger charge is -2.31. The number of para-hydroxylation sites is 2. The number of rotatable bonds is 7. The Bertz CT molecular complexity index is 1880. The van der Waals surface area contributed by atoms with Gasteiger partial charge in [0.1, 0.15) is 12.1 Å². The highest BCUT2D eigenvalue weighted by Gasteiger charge is 2.56. The summed E-state index contributed by atoms with van der Waals surface area (Å²) in [6, 6.07) is 16.4. The summed E-state index contributed by atoms with van der Waals surface area (Å²) in [7, 11) is 0. The first kappa shape index (κ1) is 24.0.